The molecule has 1 saturated heterocycles. The second kappa shape index (κ2) is 4.25. The molecule has 4 atom stereocenters. The number of amides is 2. The number of nitro groups is 1. The molecule has 2 aliphatic carbocycles. The van der Waals surface area contributed by atoms with Crippen molar-refractivity contribution in [1.29, 1.82) is 0 Å². The number of nitrogens with zero attached hydrogens (tertiary/aromatic N) is 2. The average molecular weight is 298 g/mol. The number of anilines is 1. The molecule has 3 aliphatic rings. The summed E-state index contributed by atoms with van der Waals surface area (Å²) in [6, 6.07) is 4.50. The molecule has 0 aromatic heterocycles. The van der Waals surface area contributed by atoms with Gasteiger partial charge in [-0.2, -0.15) is 0 Å². The Hall–Kier alpha value is -2.50. The quantitative estimate of drug-likeness (QED) is 0.363. The van der Waals surface area contributed by atoms with Crippen molar-refractivity contribution in [3.8, 4) is 0 Å². The van der Waals surface area contributed by atoms with Gasteiger partial charge in [0.1, 0.15) is 0 Å². The van der Waals surface area contributed by atoms with Crippen molar-refractivity contribution in [1.82, 2.24) is 0 Å². The van der Waals surface area contributed by atoms with Crippen LogP contribution in [0, 0.1) is 40.7 Å². The summed E-state index contributed by atoms with van der Waals surface area (Å²) in [6.45, 7) is 1.63. The van der Waals surface area contributed by atoms with E-state index in [1.165, 1.54) is 6.07 Å². The van der Waals surface area contributed by atoms with Gasteiger partial charge in [-0.15, -0.1) is 0 Å². The molecule has 0 unspecified atom stereocenters. The van der Waals surface area contributed by atoms with E-state index in [1.807, 2.05) is 12.2 Å². The fraction of sp³-hybridized carbons (Fsp3) is 0.375. The smallest absolute Gasteiger partial charge is 0.274 e. The Kier molecular flexibility index (Phi) is 2.55. The maximum atomic E-state index is 12.7. The van der Waals surface area contributed by atoms with Crippen LogP contribution in [-0.4, -0.2) is 16.7 Å². The molecule has 2 fully saturated rings. The van der Waals surface area contributed by atoms with E-state index in [-0.39, 0.29) is 41.2 Å². The predicted molar refractivity (Wildman–Crippen MR) is 78.0 cm³/mol. The predicted octanol–water partition coefficient (Wildman–Crippen LogP) is 2.21. The molecular formula is C16H14N2O4. The van der Waals surface area contributed by atoms with Crippen molar-refractivity contribution >= 4 is 23.2 Å². The third kappa shape index (κ3) is 1.55. The van der Waals surface area contributed by atoms with Crippen LogP contribution in [0.3, 0.4) is 0 Å². The summed E-state index contributed by atoms with van der Waals surface area (Å²) in [4.78, 5) is 37.0. The minimum absolute atomic E-state index is 0.0729. The number of rotatable bonds is 2. The molecule has 0 spiro atoms. The lowest BCUT2D eigenvalue weighted by Crippen LogP contribution is -2.32. The summed E-state index contributed by atoms with van der Waals surface area (Å²) >= 11 is 0. The number of hydrogen-bond acceptors (Lipinski definition) is 4. The van der Waals surface area contributed by atoms with Gasteiger partial charge in [0.05, 0.1) is 22.4 Å². The maximum absolute atomic E-state index is 12.7. The average Bonchev–Trinajstić information content (AvgIpc) is 3.14. The summed E-state index contributed by atoms with van der Waals surface area (Å²) in [5, 5.41) is 11.1. The van der Waals surface area contributed by atoms with Crippen LogP contribution in [0.4, 0.5) is 11.4 Å². The molecule has 0 radical (unpaired) electrons. The van der Waals surface area contributed by atoms with Gasteiger partial charge in [0.15, 0.2) is 0 Å². The van der Waals surface area contributed by atoms with Crippen LogP contribution in [-0.2, 0) is 9.59 Å². The molecule has 22 heavy (non-hydrogen) atoms. The SMILES string of the molecule is Cc1ccc(N2C(=O)[C@@H]3[C@H](C2=O)[C@@H]2C=C[C@@H]3C2)cc1[N+](=O)[O-]. The zero-order valence-corrected chi connectivity index (χ0v) is 11.9. The molecule has 2 bridgehead atoms. The fourth-order valence-corrected chi connectivity index (χ4v) is 4.09. The third-order valence-electron chi connectivity index (χ3n) is 5.12. The van der Waals surface area contributed by atoms with E-state index in [4.69, 9.17) is 0 Å². The number of hydrogen-bond donors (Lipinski definition) is 0. The first-order valence-electron chi connectivity index (χ1n) is 7.30. The number of allylic oxidation sites excluding steroid dienone is 2. The number of carbonyl (C=O) groups excluding carboxylic acids is 2. The molecule has 1 aromatic rings. The standard InChI is InChI=1S/C16H14N2O4/c1-8-2-5-11(7-12(8)18(21)22)17-15(19)13-9-3-4-10(6-9)14(13)16(17)20/h2-5,7,9-10,13-14H,6H2,1H3/t9-,10-,13-,14+/m1/s1. The van der Waals surface area contributed by atoms with Crippen LogP contribution in [0.1, 0.15) is 12.0 Å². The highest BCUT2D eigenvalue weighted by atomic mass is 16.6. The van der Waals surface area contributed by atoms with Gasteiger partial charge in [-0.3, -0.25) is 19.7 Å². The lowest BCUT2D eigenvalue weighted by molar-refractivity contribution is -0.385. The Morgan fingerprint density at radius 3 is 2.27 bits per heavy atom. The lowest BCUT2D eigenvalue weighted by Gasteiger charge is -2.17. The zero-order chi connectivity index (χ0) is 15.6. The van der Waals surface area contributed by atoms with Crippen molar-refractivity contribution in [2.24, 2.45) is 23.7 Å². The second-order valence-corrected chi connectivity index (χ2v) is 6.24. The van der Waals surface area contributed by atoms with Gasteiger partial charge in [-0.05, 0) is 31.2 Å². The van der Waals surface area contributed by atoms with Crippen LogP contribution in [0.25, 0.3) is 0 Å². The molecule has 4 rings (SSSR count). The minimum atomic E-state index is -0.490. The van der Waals surface area contributed by atoms with Crippen LogP contribution in [0.2, 0.25) is 0 Å². The molecule has 1 aliphatic heterocycles. The molecule has 112 valence electrons. The van der Waals surface area contributed by atoms with Crippen LogP contribution >= 0.6 is 0 Å². The monoisotopic (exact) mass is 298 g/mol. The number of benzene rings is 1. The van der Waals surface area contributed by atoms with E-state index >= 15 is 0 Å². The van der Waals surface area contributed by atoms with Crippen LogP contribution < -0.4 is 4.90 Å². The summed E-state index contributed by atoms with van der Waals surface area (Å²) in [7, 11) is 0. The number of aryl methyl sites for hydroxylation is 1. The summed E-state index contributed by atoms with van der Waals surface area (Å²) < 4.78 is 0. The van der Waals surface area contributed by atoms with Gasteiger partial charge in [-0.1, -0.05) is 18.2 Å². The van der Waals surface area contributed by atoms with E-state index < -0.39 is 4.92 Å². The van der Waals surface area contributed by atoms with Gasteiger partial charge >= 0.3 is 0 Å². The summed E-state index contributed by atoms with van der Waals surface area (Å²) in [5.41, 5.74) is 0.743. The van der Waals surface area contributed by atoms with E-state index in [9.17, 15) is 19.7 Å². The Balaban J connectivity index is 1.76. The second-order valence-electron chi connectivity index (χ2n) is 6.24. The molecule has 6 heteroatoms. The first-order valence-corrected chi connectivity index (χ1v) is 7.30. The molecule has 2 amide bonds. The number of imide groups is 1. The molecule has 1 aromatic carbocycles. The largest absolute Gasteiger partial charge is 0.274 e. The van der Waals surface area contributed by atoms with E-state index in [1.54, 1.807) is 19.1 Å². The van der Waals surface area contributed by atoms with Crippen molar-refractivity contribution in [3.05, 3.63) is 46.0 Å². The first kappa shape index (κ1) is 13.2. The minimum Gasteiger partial charge on any atom is -0.274 e. The Labute approximate surface area is 126 Å². The molecule has 1 heterocycles. The van der Waals surface area contributed by atoms with Crippen LogP contribution in [0.5, 0.6) is 0 Å². The molecule has 6 nitrogen and oxygen atoms in total. The van der Waals surface area contributed by atoms with Gasteiger partial charge in [0.25, 0.3) is 5.69 Å². The van der Waals surface area contributed by atoms with Gasteiger partial charge in [0.2, 0.25) is 11.8 Å². The van der Waals surface area contributed by atoms with Crippen LogP contribution in [0.15, 0.2) is 30.4 Å². The van der Waals surface area contributed by atoms with Crippen molar-refractivity contribution in [2.75, 3.05) is 4.90 Å². The van der Waals surface area contributed by atoms with E-state index in [0.29, 0.717) is 11.3 Å². The van der Waals surface area contributed by atoms with Gasteiger partial charge in [0, 0.05) is 11.6 Å². The number of nitro benzene ring substituents is 1. The van der Waals surface area contributed by atoms with Crippen molar-refractivity contribution in [2.45, 2.75) is 13.3 Å². The normalized spacial score (nSPS) is 32.0. The lowest BCUT2D eigenvalue weighted by atomic mass is 9.85. The number of fused-ring (bicyclic) bond motifs is 5. The first-order chi connectivity index (χ1) is 10.5. The highest BCUT2D eigenvalue weighted by Gasteiger charge is 2.59. The molecule has 0 N–H and O–H groups in total. The topological polar surface area (TPSA) is 80.5 Å². The van der Waals surface area contributed by atoms with E-state index in [2.05, 4.69) is 0 Å². The van der Waals surface area contributed by atoms with Gasteiger partial charge < -0.3 is 0 Å². The summed E-state index contributed by atoms with van der Waals surface area (Å²) in [6.07, 6.45) is 4.92. The third-order valence-corrected chi connectivity index (χ3v) is 5.12. The maximum Gasteiger partial charge on any atom is 0.274 e. The van der Waals surface area contributed by atoms with Crippen molar-refractivity contribution in [3.63, 3.8) is 0 Å². The molecule has 1 saturated carbocycles. The number of carbonyl (C=O) groups is 2. The molecular weight excluding hydrogens is 284 g/mol. The Bertz CT molecular complexity index is 725. The Morgan fingerprint density at radius 1 is 1.14 bits per heavy atom. The Morgan fingerprint density at radius 2 is 1.73 bits per heavy atom. The zero-order valence-electron chi connectivity index (χ0n) is 11.9. The fourth-order valence-electron chi connectivity index (χ4n) is 4.09. The van der Waals surface area contributed by atoms with E-state index in [0.717, 1.165) is 11.3 Å². The van der Waals surface area contributed by atoms with Gasteiger partial charge in [-0.25, -0.2) is 4.90 Å². The van der Waals surface area contributed by atoms with Crippen molar-refractivity contribution < 1.29 is 14.5 Å². The summed E-state index contributed by atoms with van der Waals surface area (Å²) in [5.74, 6) is -0.741. The highest BCUT2D eigenvalue weighted by molar-refractivity contribution is 6.22. The highest BCUT2D eigenvalue weighted by Crippen LogP contribution is 2.53.